The summed E-state index contributed by atoms with van der Waals surface area (Å²) >= 11 is 0. The summed E-state index contributed by atoms with van der Waals surface area (Å²) in [7, 11) is -3.90. The van der Waals surface area contributed by atoms with E-state index in [2.05, 4.69) is 5.32 Å². The second kappa shape index (κ2) is 9.13. The molecule has 1 amide bonds. The molecule has 0 heterocycles. The number of carbonyl (C=O) groups is 1. The zero-order chi connectivity index (χ0) is 21.7. The van der Waals surface area contributed by atoms with Crippen LogP contribution in [-0.4, -0.2) is 20.9 Å². The molecule has 30 heavy (non-hydrogen) atoms. The van der Waals surface area contributed by atoms with Gasteiger partial charge in [-0.2, -0.15) is 0 Å². The second-order valence-corrected chi connectivity index (χ2v) is 9.29. The van der Waals surface area contributed by atoms with Crippen molar-refractivity contribution in [3.05, 3.63) is 95.1 Å². The van der Waals surface area contributed by atoms with Crippen molar-refractivity contribution >= 4 is 21.6 Å². The first-order chi connectivity index (χ1) is 14.3. The van der Waals surface area contributed by atoms with Crippen molar-refractivity contribution in [1.29, 1.82) is 0 Å². The Morgan fingerprint density at radius 1 is 0.833 bits per heavy atom. The predicted molar refractivity (Wildman–Crippen MR) is 120 cm³/mol. The van der Waals surface area contributed by atoms with E-state index in [1.807, 2.05) is 51.1 Å². The Hall–Kier alpha value is -3.12. The zero-order valence-corrected chi connectivity index (χ0v) is 18.2. The largest absolute Gasteiger partial charge is 0.350 e. The molecule has 0 saturated heterocycles. The molecular formula is C24H26N2O3S. The van der Waals surface area contributed by atoms with Gasteiger partial charge in [-0.1, -0.05) is 59.7 Å². The summed E-state index contributed by atoms with van der Waals surface area (Å²) in [5.74, 6) is -0.368. The number of aryl methyl sites for hydroxylation is 3. The van der Waals surface area contributed by atoms with E-state index in [1.54, 1.807) is 42.5 Å². The molecule has 0 atom stereocenters. The third-order valence-electron chi connectivity index (χ3n) is 4.80. The van der Waals surface area contributed by atoms with E-state index in [0.717, 1.165) is 26.6 Å². The number of carbonyl (C=O) groups excluding carboxylic acids is 1. The monoisotopic (exact) mass is 422 g/mol. The molecule has 6 heteroatoms. The quantitative estimate of drug-likeness (QED) is 0.623. The molecule has 0 aliphatic rings. The van der Waals surface area contributed by atoms with Gasteiger partial charge in [0, 0.05) is 6.54 Å². The number of hydrogen-bond donors (Lipinski definition) is 1. The highest BCUT2D eigenvalue weighted by Crippen LogP contribution is 2.24. The van der Waals surface area contributed by atoms with Gasteiger partial charge in [0.2, 0.25) is 5.91 Å². The van der Waals surface area contributed by atoms with Crippen molar-refractivity contribution in [3.8, 4) is 0 Å². The number of benzene rings is 3. The molecule has 5 nitrogen and oxygen atoms in total. The van der Waals surface area contributed by atoms with Gasteiger partial charge in [0.15, 0.2) is 0 Å². The maximum Gasteiger partial charge on any atom is 0.264 e. The SMILES string of the molecule is Cc1ccc(CNC(=O)CN(c2cccc(C)c2)S(=O)(=O)c2ccc(C)cc2)cc1. The van der Waals surface area contributed by atoms with Crippen LogP contribution in [0.15, 0.2) is 77.7 Å². The summed E-state index contributed by atoms with van der Waals surface area (Å²) in [5.41, 5.74) is 4.43. The number of nitrogens with zero attached hydrogens (tertiary/aromatic N) is 1. The zero-order valence-electron chi connectivity index (χ0n) is 17.4. The van der Waals surface area contributed by atoms with E-state index in [-0.39, 0.29) is 17.3 Å². The summed E-state index contributed by atoms with van der Waals surface area (Å²) in [6.45, 7) is 5.82. The van der Waals surface area contributed by atoms with Crippen LogP contribution in [0.3, 0.4) is 0 Å². The third kappa shape index (κ3) is 5.27. The van der Waals surface area contributed by atoms with Crippen LogP contribution in [0.2, 0.25) is 0 Å². The van der Waals surface area contributed by atoms with Crippen LogP contribution in [0.1, 0.15) is 22.3 Å². The van der Waals surface area contributed by atoms with Gasteiger partial charge in [0.05, 0.1) is 10.6 Å². The minimum absolute atomic E-state index is 0.154. The minimum atomic E-state index is -3.90. The molecular weight excluding hydrogens is 396 g/mol. The first-order valence-corrected chi connectivity index (χ1v) is 11.2. The van der Waals surface area contributed by atoms with Crippen LogP contribution in [0.25, 0.3) is 0 Å². The van der Waals surface area contributed by atoms with Gasteiger partial charge in [-0.3, -0.25) is 9.10 Å². The van der Waals surface area contributed by atoms with Crippen LogP contribution >= 0.6 is 0 Å². The van der Waals surface area contributed by atoms with Crippen molar-refractivity contribution in [2.45, 2.75) is 32.2 Å². The molecule has 0 aliphatic carbocycles. The van der Waals surface area contributed by atoms with Crippen molar-refractivity contribution in [2.24, 2.45) is 0 Å². The maximum atomic E-state index is 13.3. The Kier molecular flexibility index (Phi) is 6.57. The molecule has 3 aromatic carbocycles. The Balaban J connectivity index is 1.85. The standard InChI is InChI=1S/C24H26N2O3S/c1-18-7-11-21(12-8-18)16-25-24(27)17-26(22-6-4-5-20(3)15-22)30(28,29)23-13-9-19(2)10-14-23/h4-15H,16-17H2,1-3H3,(H,25,27). The Morgan fingerprint density at radius 2 is 1.43 bits per heavy atom. The van der Waals surface area contributed by atoms with E-state index in [4.69, 9.17) is 0 Å². The molecule has 0 saturated carbocycles. The number of amides is 1. The predicted octanol–water partition coefficient (Wildman–Crippen LogP) is 4.12. The molecule has 0 fully saturated rings. The first kappa shape index (κ1) is 21.6. The maximum absolute atomic E-state index is 13.3. The topological polar surface area (TPSA) is 66.5 Å². The van der Waals surface area contributed by atoms with Gasteiger partial charge in [-0.05, 0) is 56.2 Å². The fraction of sp³-hybridized carbons (Fsp3) is 0.208. The van der Waals surface area contributed by atoms with E-state index in [1.165, 1.54) is 0 Å². The van der Waals surface area contributed by atoms with Crippen LogP contribution in [-0.2, 0) is 21.4 Å². The van der Waals surface area contributed by atoms with Gasteiger partial charge in [-0.15, -0.1) is 0 Å². The van der Waals surface area contributed by atoms with E-state index >= 15 is 0 Å². The van der Waals surface area contributed by atoms with E-state index in [9.17, 15) is 13.2 Å². The molecule has 0 bridgehead atoms. The molecule has 3 rings (SSSR count). The fourth-order valence-electron chi connectivity index (χ4n) is 3.03. The lowest BCUT2D eigenvalue weighted by atomic mass is 10.1. The molecule has 156 valence electrons. The highest BCUT2D eigenvalue weighted by Gasteiger charge is 2.27. The Bertz CT molecular complexity index is 1120. The Labute approximate surface area is 178 Å². The number of nitrogens with one attached hydrogen (secondary N) is 1. The fourth-order valence-corrected chi connectivity index (χ4v) is 4.44. The number of rotatable bonds is 7. The lowest BCUT2D eigenvalue weighted by Gasteiger charge is -2.24. The van der Waals surface area contributed by atoms with Crippen molar-refractivity contribution in [3.63, 3.8) is 0 Å². The molecule has 0 spiro atoms. The molecule has 3 aromatic rings. The number of anilines is 1. The van der Waals surface area contributed by atoms with Crippen LogP contribution in [0.5, 0.6) is 0 Å². The molecule has 1 N–H and O–H groups in total. The summed E-state index contributed by atoms with van der Waals surface area (Å²) in [4.78, 5) is 12.8. The van der Waals surface area contributed by atoms with Gasteiger partial charge < -0.3 is 5.32 Å². The van der Waals surface area contributed by atoms with Gasteiger partial charge in [0.25, 0.3) is 10.0 Å². The average Bonchev–Trinajstić information content (AvgIpc) is 2.72. The third-order valence-corrected chi connectivity index (χ3v) is 6.58. The lowest BCUT2D eigenvalue weighted by Crippen LogP contribution is -2.40. The summed E-state index contributed by atoms with van der Waals surface area (Å²) in [6.07, 6.45) is 0. The minimum Gasteiger partial charge on any atom is -0.350 e. The summed E-state index contributed by atoms with van der Waals surface area (Å²) in [5, 5.41) is 2.82. The van der Waals surface area contributed by atoms with Crippen LogP contribution < -0.4 is 9.62 Å². The highest BCUT2D eigenvalue weighted by molar-refractivity contribution is 7.92. The molecule has 0 aliphatic heterocycles. The molecule has 0 radical (unpaired) electrons. The lowest BCUT2D eigenvalue weighted by molar-refractivity contribution is -0.119. The molecule has 0 unspecified atom stereocenters. The number of sulfonamides is 1. The second-order valence-electron chi connectivity index (χ2n) is 7.43. The first-order valence-electron chi connectivity index (χ1n) is 9.74. The van der Waals surface area contributed by atoms with Crippen molar-refractivity contribution < 1.29 is 13.2 Å². The van der Waals surface area contributed by atoms with Gasteiger partial charge in [0.1, 0.15) is 6.54 Å². The average molecular weight is 423 g/mol. The summed E-state index contributed by atoms with van der Waals surface area (Å²) in [6, 6.07) is 21.6. The summed E-state index contributed by atoms with van der Waals surface area (Å²) < 4.78 is 27.9. The number of hydrogen-bond acceptors (Lipinski definition) is 3. The van der Waals surface area contributed by atoms with Crippen LogP contribution in [0.4, 0.5) is 5.69 Å². The highest BCUT2D eigenvalue weighted by atomic mass is 32.2. The van der Waals surface area contributed by atoms with Crippen LogP contribution in [0, 0.1) is 20.8 Å². The Morgan fingerprint density at radius 3 is 2.03 bits per heavy atom. The van der Waals surface area contributed by atoms with Gasteiger partial charge in [-0.25, -0.2) is 8.42 Å². The van der Waals surface area contributed by atoms with Gasteiger partial charge >= 0.3 is 0 Å². The van der Waals surface area contributed by atoms with Crippen molar-refractivity contribution in [2.75, 3.05) is 10.8 Å². The smallest absolute Gasteiger partial charge is 0.264 e. The van der Waals surface area contributed by atoms with E-state index < -0.39 is 10.0 Å². The van der Waals surface area contributed by atoms with Crippen molar-refractivity contribution in [1.82, 2.24) is 5.32 Å². The normalized spacial score (nSPS) is 11.2. The van der Waals surface area contributed by atoms with E-state index in [0.29, 0.717) is 12.2 Å². The molecule has 0 aromatic heterocycles.